The van der Waals surface area contributed by atoms with Gasteiger partial charge in [0.05, 0.1) is 30.5 Å². The second kappa shape index (κ2) is 13.7. The average Bonchev–Trinajstić information content (AvgIpc) is 3.67. The van der Waals surface area contributed by atoms with Crippen LogP contribution in [0.25, 0.3) is 61.3 Å². The van der Waals surface area contributed by atoms with Gasteiger partial charge < -0.3 is 14.0 Å². The minimum absolute atomic E-state index is 0. The fourth-order valence-electron chi connectivity index (χ4n) is 6.15. The van der Waals surface area contributed by atoms with Gasteiger partial charge in [-0.3, -0.25) is 4.98 Å². The zero-order chi connectivity index (χ0) is 33.5. The summed E-state index contributed by atoms with van der Waals surface area (Å²) in [6.07, 6.45) is 2.02. The quantitative estimate of drug-likeness (QED) is 0.131. The van der Waals surface area contributed by atoms with E-state index in [-0.39, 0.29) is 25.5 Å². The fourth-order valence-corrected chi connectivity index (χ4v) is 7.18. The molecule has 3 heterocycles. The van der Waals surface area contributed by atoms with Crippen LogP contribution in [0.5, 0.6) is 0 Å². The van der Waals surface area contributed by atoms with Crippen molar-refractivity contribution in [1.29, 1.82) is 0 Å². The average molecular weight is 834 g/mol. The molecule has 0 atom stereocenters. The van der Waals surface area contributed by atoms with Crippen molar-refractivity contribution in [2.45, 2.75) is 45.8 Å². The number of nitrogens with zero attached hydrogens (tertiary/aromatic N) is 3. The van der Waals surface area contributed by atoms with Crippen molar-refractivity contribution in [1.82, 2.24) is 14.5 Å². The number of hydrogen-bond donors (Lipinski definition) is 0. The maximum Gasteiger partial charge on any atom is 0.120 e. The van der Waals surface area contributed by atoms with Gasteiger partial charge in [-0.05, 0) is 46.1 Å². The van der Waals surface area contributed by atoms with Crippen LogP contribution in [0.4, 0.5) is 0 Å². The van der Waals surface area contributed by atoms with Crippen LogP contribution in [-0.2, 0) is 25.5 Å². The first-order valence-electron chi connectivity index (χ1n) is 16.4. The molecule has 6 heteroatoms. The summed E-state index contributed by atoms with van der Waals surface area (Å²) in [5.74, 6) is 0.840. The Bertz CT molecular complexity index is 2360. The molecule has 0 aliphatic rings. The van der Waals surface area contributed by atoms with Crippen LogP contribution < -0.4 is 5.19 Å². The molecule has 0 bridgehead atoms. The second-order valence-electron chi connectivity index (χ2n) is 14.2. The molecular weight excluding hydrogens is 795 g/mol. The Morgan fingerprint density at radius 1 is 0.714 bits per heavy atom. The van der Waals surface area contributed by atoms with Crippen molar-refractivity contribution in [3.8, 4) is 28.3 Å². The van der Waals surface area contributed by atoms with Gasteiger partial charge in [-0.15, -0.1) is 54.1 Å². The summed E-state index contributed by atoms with van der Waals surface area (Å²) in [5, 5.41) is 3.58. The van der Waals surface area contributed by atoms with Crippen LogP contribution in [0.15, 0.2) is 132 Å². The van der Waals surface area contributed by atoms with Gasteiger partial charge in [0.15, 0.2) is 0 Å². The van der Waals surface area contributed by atoms with Crippen LogP contribution in [-0.4, -0.2) is 22.6 Å². The number of benzene rings is 5. The number of para-hydroxylation sites is 4. The van der Waals surface area contributed by atoms with Crippen molar-refractivity contribution in [3.63, 3.8) is 0 Å². The Labute approximate surface area is 303 Å². The van der Waals surface area contributed by atoms with E-state index in [0.717, 1.165) is 61.3 Å². The number of pyridine rings is 1. The second-order valence-corrected chi connectivity index (χ2v) is 19.3. The van der Waals surface area contributed by atoms with Gasteiger partial charge >= 0.3 is 0 Å². The predicted octanol–water partition coefficient (Wildman–Crippen LogP) is 10.8. The monoisotopic (exact) mass is 834 g/mol. The topological polar surface area (TPSA) is 43.9 Å². The van der Waals surface area contributed by atoms with Crippen molar-refractivity contribution in [3.05, 3.63) is 145 Å². The molecule has 0 N–H and O–H groups in total. The summed E-state index contributed by atoms with van der Waals surface area (Å²) in [6.45, 7) is 13.7. The molecule has 0 spiro atoms. The third-order valence-corrected chi connectivity index (χ3v) is 10.7. The summed E-state index contributed by atoms with van der Waals surface area (Å²) in [6, 6.07) is 47.9. The Balaban J connectivity index is 0.000000208. The smallest absolute Gasteiger partial charge is 0.120 e. The molecule has 0 fully saturated rings. The minimum Gasteiger partial charge on any atom is -0.501 e. The van der Waals surface area contributed by atoms with E-state index >= 15 is 0 Å². The first-order chi connectivity index (χ1) is 23.1. The van der Waals surface area contributed by atoms with Crippen LogP contribution >= 0.6 is 0 Å². The Morgan fingerprint density at radius 2 is 1.45 bits per heavy atom. The Kier molecular flexibility index (Phi) is 9.59. The molecule has 0 saturated carbocycles. The van der Waals surface area contributed by atoms with Gasteiger partial charge in [0.1, 0.15) is 5.58 Å². The SMILES string of the molecule is CC(C)(C)c1ccccc1-n1c(-c2[c-]ccc3c2oc2ccccc23)nc2ccccc21.C[Si](C)(C)c1ccc(-c2[c-]cccc2)nc1.[Ir]. The number of aromatic nitrogens is 3. The van der Waals surface area contributed by atoms with E-state index in [1.54, 1.807) is 0 Å². The molecule has 1 radical (unpaired) electrons. The summed E-state index contributed by atoms with van der Waals surface area (Å²) >= 11 is 0. The van der Waals surface area contributed by atoms with Gasteiger partial charge in [-0.25, -0.2) is 0 Å². The minimum atomic E-state index is -1.23. The van der Waals surface area contributed by atoms with E-state index < -0.39 is 8.07 Å². The van der Waals surface area contributed by atoms with Crippen LogP contribution in [0.1, 0.15) is 26.3 Å². The summed E-state index contributed by atoms with van der Waals surface area (Å²) in [5.41, 5.74) is 9.03. The zero-order valence-corrected chi connectivity index (χ0v) is 32.1. The molecule has 247 valence electrons. The van der Waals surface area contributed by atoms with E-state index in [9.17, 15) is 0 Å². The molecule has 0 aliphatic heterocycles. The van der Waals surface area contributed by atoms with Crippen molar-refractivity contribution >= 4 is 46.2 Å². The Hall–Kier alpha value is -4.61. The van der Waals surface area contributed by atoms with E-state index in [2.05, 4.69) is 129 Å². The molecular formula is C43H39IrN3OSi-2. The standard InChI is InChI=1S/C29H23N2O.C14H16NSi.Ir/c1-29(2,3)22-14-5-7-16-24(22)31-25-17-8-6-15-23(25)30-28(31)21-13-10-12-20-19-11-4-9-18-26(19)32-27(20)21;1-16(2,3)13-9-10-14(15-11-13)12-7-5-4-6-8-12;/h4-12,14-18H,1-3H3;4-7,9-11H,1-3H3;/q2*-1;. The molecule has 0 aliphatic carbocycles. The predicted molar refractivity (Wildman–Crippen MR) is 203 cm³/mol. The van der Waals surface area contributed by atoms with Crippen molar-refractivity contribution < 1.29 is 24.5 Å². The summed E-state index contributed by atoms with van der Waals surface area (Å²) in [4.78, 5) is 9.59. The van der Waals surface area contributed by atoms with E-state index in [1.807, 2.05) is 60.8 Å². The van der Waals surface area contributed by atoms with Gasteiger partial charge in [-0.1, -0.05) is 112 Å². The van der Waals surface area contributed by atoms with Gasteiger partial charge in [0, 0.05) is 37.4 Å². The molecule has 3 aromatic heterocycles. The molecule has 0 amide bonds. The maximum atomic E-state index is 6.34. The zero-order valence-electron chi connectivity index (χ0n) is 28.7. The third-order valence-electron chi connectivity index (χ3n) is 8.69. The molecule has 4 nitrogen and oxygen atoms in total. The molecule has 0 saturated heterocycles. The fraction of sp³-hybridized carbons (Fsp3) is 0.163. The molecule has 8 rings (SSSR count). The first-order valence-corrected chi connectivity index (χ1v) is 19.9. The van der Waals surface area contributed by atoms with Crippen molar-refractivity contribution in [2.75, 3.05) is 0 Å². The number of hydrogen-bond acceptors (Lipinski definition) is 3. The molecule has 8 aromatic rings. The van der Waals surface area contributed by atoms with Crippen LogP contribution in [0, 0.1) is 12.1 Å². The van der Waals surface area contributed by atoms with Crippen molar-refractivity contribution in [2.24, 2.45) is 0 Å². The van der Waals surface area contributed by atoms with E-state index in [4.69, 9.17) is 9.40 Å². The summed E-state index contributed by atoms with van der Waals surface area (Å²) < 4.78 is 8.60. The van der Waals surface area contributed by atoms with Crippen LogP contribution in [0.3, 0.4) is 0 Å². The normalized spacial score (nSPS) is 11.7. The van der Waals surface area contributed by atoms with Crippen LogP contribution in [0.2, 0.25) is 19.6 Å². The number of furan rings is 1. The molecule has 0 unspecified atom stereocenters. The molecule has 49 heavy (non-hydrogen) atoms. The van der Waals surface area contributed by atoms with E-state index in [0.29, 0.717) is 0 Å². The van der Waals surface area contributed by atoms with E-state index in [1.165, 1.54) is 10.8 Å². The maximum absolute atomic E-state index is 6.34. The third kappa shape index (κ3) is 6.82. The molecule has 5 aromatic carbocycles. The van der Waals surface area contributed by atoms with Gasteiger partial charge in [0.25, 0.3) is 0 Å². The van der Waals surface area contributed by atoms with Gasteiger partial charge in [-0.2, -0.15) is 0 Å². The van der Waals surface area contributed by atoms with Gasteiger partial charge in [0.2, 0.25) is 0 Å². The first kappa shape index (κ1) is 34.3. The largest absolute Gasteiger partial charge is 0.501 e. The summed E-state index contributed by atoms with van der Waals surface area (Å²) in [7, 11) is -1.23. The number of rotatable bonds is 4. The number of imidazole rings is 1. The Morgan fingerprint density at radius 3 is 2.18 bits per heavy atom. The number of fused-ring (bicyclic) bond motifs is 4.